The van der Waals surface area contributed by atoms with Gasteiger partial charge in [-0.1, -0.05) is 36.4 Å². The number of benzene rings is 2. The number of piperazine rings is 1. The van der Waals surface area contributed by atoms with Crippen molar-refractivity contribution in [3.05, 3.63) is 70.8 Å². The van der Waals surface area contributed by atoms with Gasteiger partial charge in [-0.25, -0.2) is 0 Å². The van der Waals surface area contributed by atoms with Gasteiger partial charge in [0, 0.05) is 31.7 Å². The van der Waals surface area contributed by atoms with Crippen LogP contribution in [-0.4, -0.2) is 60.2 Å². The summed E-state index contributed by atoms with van der Waals surface area (Å²) < 4.78 is 0. The average molecular weight is 422 g/mol. The van der Waals surface area contributed by atoms with Gasteiger partial charge in [0.2, 0.25) is 11.8 Å². The topological polar surface area (TPSA) is 69.7 Å². The lowest BCUT2D eigenvalue weighted by molar-refractivity contribution is -0.142. The minimum Gasteiger partial charge on any atom is -0.343 e. The van der Waals surface area contributed by atoms with E-state index in [9.17, 15) is 14.4 Å². The lowest BCUT2D eigenvalue weighted by Crippen LogP contribution is -2.55. The van der Waals surface area contributed by atoms with Gasteiger partial charge in [0.25, 0.3) is 5.91 Å². The number of carbonyl (C=O) groups excluding carboxylic acids is 3. The molecule has 1 aliphatic rings. The number of carbonyl (C=O) groups is 3. The molecule has 1 aliphatic heterocycles. The molecular formula is C25H31N3O3. The van der Waals surface area contributed by atoms with Crippen LogP contribution in [0.15, 0.2) is 48.5 Å². The van der Waals surface area contributed by atoms with Crippen LogP contribution in [0.4, 0.5) is 0 Å². The summed E-state index contributed by atoms with van der Waals surface area (Å²) in [5.74, 6) is -0.324. The predicted octanol–water partition coefficient (Wildman–Crippen LogP) is 2.68. The van der Waals surface area contributed by atoms with E-state index in [-0.39, 0.29) is 24.3 Å². The van der Waals surface area contributed by atoms with Crippen molar-refractivity contribution in [1.82, 2.24) is 15.1 Å². The van der Waals surface area contributed by atoms with Crippen molar-refractivity contribution in [1.29, 1.82) is 0 Å². The largest absolute Gasteiger partial charge is 0.343 e. The van der Waals surface area contributed by atoms with Crippen LogP contribution in [-0.2, 0) is 15.0 Å². The Bertz CT molecular complexity index is 961. The Morgan fingerprint density at radius 2 is 1.48 bits per heavy atom. The fourth-order valence-corrected chi connectivity index (χ4v) is 3.78. The molecule has 31 heavy (non-hydrogen) atoms. The van der Waals surface area contributed by atoms with Crippen molar-refractivity contribution in [2.24, 2.45) is 0 Å². The maximum atomic E-state index is 13.1. The van der Waals surface area contributed by atoms with E-state index in [0.717, 1.165) is 16.7 Å². The summed E-state index contributed by atoms with van der Waals surface area (Å²) in [5, 5.41) is 2.71. The molecule has 0 aliphatic carbocycles. The van der Waals surface area contributed by atoms with Crippen LogP contribution >= 0.6 is 0 Å². The molecule has 6 nitrogen and oxygen atoms in total. The van der Waals surface area contributed by atoms with Gasteiger partial charge in [0.05, 0.1) is 12.0 Å². The summed E-state index contributed by atoms with van der Waals surface area (Å²) >= 11 is 0. The standard InChI is InChI=1S/C25H31N3O3/c1-18-10-11-20(16-19(18)2)23(30)26-17-22(29)27-12-14-28(15-13-27)24(31)25(3,4)21-8-6-5-7-9-21/h5-11,16H,12-15,17H2,1-4H3,(H,26,30). The van der Waals surface area contributed by atoms with Crippen LogP contribution in [0.25, 0.3) is 0 Å². The lowest BCUT2D eigenvalue weighted by Gasteiger charge is -2.38. The molecule has 1 saturated heterocycles. The Hall–Kier alpha value is -3.15. The van der Waals surface area contributed by atoms with Gasteiger partial charge < -0.3 is 15.1 Å². The third kappa shape index (κ3) is 5.13. The Labute approximate surface area is 184 Å². The molecule has 2 aromatic carbocycles. The molecule has 0 radical (unpaired) electrons. The van der Waals surface area contributed by atoms with Crippen LogP contribution in [0.1, 0.15) is 40.9 Å². The molecule has 0 spiro atoms. The lowest BCUT2D eigenvalue weighted by atomic mass is 9.83. The second-order valence-electron chi connectivity index (χ2n) is 8.65. The number of hydrogen-bond acceptors (Lipinski definition) is 3. The Morgan fingerprint density at radius 3 is 2.10 bits per heavy atom. The molecule has 0 bridgehead atoms. The molecule has 1 fully saturated rings. The van der Waals surface area contributed by atoms with E-state index in [1.54, 1.807) is 11.0 Å². The smallest absolute Gasteiger partial charge is 0.251 e. The van der Waals surface area contributed by atoms with E-state index >= 15 is 0 Å². The highest BCUT2D eigenvalue weighted by Crippen LogP contribution is 2.26. The van der Waals surface area contributed by atoms with Gasteiger partial charge in [0.15, 0.2) is 0 Å². The van der Waals surface area contributed by atoms with Crippen LogP contribution < -0.4 is 5.32 Å². The van der Waals surface area contributed by atoms with E-state index in [2.05, 4.69) is 5.32 Å². The molecule has 3 amide bonds. The van der Waals surface area contributed by atoms with Gasteiger partial charge in [-0.2, -0.15) is 0 Å². The summed E-state index contributed by atoms with van der Waals surface area (Å²) in [4.78, 5) is 41.5. The molecular weight excluding hydrogens is 390 g/mol. The second-order valence-corrected chi connectivity index (χ2v) is 8.65. The third-order valence-electron chi connectivity index (χ3n) is 6.12. The van der Waals surface area contributed by atoms with Crippen LogP contribution in [0.2, 0.25) is 0 Å². The van der Waals surface area contributed by atoms with Gasteiger partial charge in [-0.3, -0.25) is 14.4 Å². The summed E-state index contributed by atoms with van der Waals surface area (Å²) in [5.41, 5.74) is 3.07. The first kappa shape index (κ1) is 22.5. The number of amides is 3. The molecule has 0 atom stereocenters. The summed E-state index contributed by atoms with van der Waals surface area (Å²) in [6.45, 7) is 9.69. The number of nitrogens with zero attached hydrogens (tertiary/aromatic N) is 2. The van der Waals surface area contributed by atoms with E-state index in [0.29, 0.717) is 31.7 Å². The maximum Gasteiger partial charge on any atom is 0.251 e. The predicted molar refractivity (Wildman–Crippen MR) is 121 cm³/mol. The van der Waals surface area contributed by atoms with Crippen molar-refractivity contribution >= 4 is 17.7 Å². The van der Waals surface area contributed by atoms with Gasteiger partial charge in [-0.05, 0) is 56.5 Å². The number of hydrogen-bond donors (Lipinski definition) is 1. The summed E-state index contributed by atoms with van der Waals surface area (Å²) in [6.07, 6.45) is 0. The first-order chi connectivity index (χ1) is 14.7. The monoisotopic (exact) mass is 421 g/mol. The zero-order valence-corrected chi connectivity index (χ0v) is 18.8. The van der Waals surface area contributed by atoms with Gasteiger partial charge >= 0.3 is 0 Å². The highest BCUT2D eigenvalue weighted by molar-refractivity contribution is 5.96. The highest BCUT2D eigenvalue weighted by Gasteiger charge is 2.35. The van der Waals surface area contributed by atoms with Crippen LogP contribution in [0.3, 0.4) is 0 Å². The first-order valence-corrected chi connectivity index (χ1v) is 10.7. The molecule has 0 saturated carbocycles. The number of aryl methyl sites for hydroxylation is 2. The highest BCUT2D eigenvalue weighted by atomic mass is 16.2. The summed E-state index contributed by atoms with van der Waals surface area (Å²) in [6, 6.07) is 15.2. The van der Waals surface area contributed by atoms with E-state index in [1.807, 2.05) is 75.1 Å². The minimum atomic E-state index is -0.617. The zero-order chi connectivity index (χ0) is 22.6. The Morgan fingerprint density at radius 1 is 0.871 bits per heavy atom. The first-order valence-electron chi connectivity index (χ1n) is 10.7. The normalized spacial score (nSPS) is 14.3. The summed E-state index contributed by atoms with van der Waals surface area (Å²) in [7, 11) is 0. The fourth-order valence-electron chi connectivity index (χ4n) is 3.78. The van der Waals surface area contributed by atoms with E-state index < -0.39 is 5.41 Å². The van der Waals surface area contributed by atoms with E-state index in [4.69, 9.17) is 0 Å². The molecule has 1 N–H and O–H groups in total. The minimum absolute atomic E-state index is 0.0464. The molecule has 0 aromatic heterocycles. The van der Waals surface area contributed by atoms with Crippen molar-refractivity contribution in [2.45, 2.75) is 33.1 Å². The van der Waals surface area contributed by atoms with Crippen molar-refractivity contribution in [3.8, 4) is 0 Å². The van der Waals surface area contributed by atoms with Crippen molar-refractivity contribution in [3.63, 3.8) is 0 Å². The second kappa shape index (κ2) is 9.33. The third-order valence-corrected chi connectivity index (χ3v) is 6.12. The molecule has 164 valence electrons. The number of rotatable bonds is 5. The number of nitrogens with one attached hydrogen (secondary N) is 1. The van der Waals surface area contributed by atoms with Crippen molar-refractivity contribution < 1.29 is 14.4 Å². The Kier molecular flexibility index (Phi) is 6.78. The van der Waals surface area contributed by atoms with Gasteiger partial charge in [0.1, 0.15) is 0 Å². The van der Waals surface area contributed by atoms with Crippen LogP contribution in [0, 0.1) is 13.8 Å². The molecule has 2 aromatic rings. The molecule has 1 heterocycles. The molecule has 3 rings (SSSR count). The van der Waals surface area contributed by atoms with Gasteiger partial charge in [-0.15, -0.1) is 0 Å². The molecule has 6 heteroatoms. The molecule has 0 unspecified atom stereocenters. The maximum absolute atomic E-state index is 13.1. The Balaban J connectivity index is 1.51. The van der Waals surface area contributed by atoms with E-state index in [1.165, 1.54) is 0 Å². The fraction of sp³-hybridized carbons (Fsp3) is 0.400. The quantitative estimate of drug-likeness (QED) is 0.807. The SMILES string of the molecule is Cc1ccc(C(=O)NCC(=O)N2CCN(C(=O)C(C)(C)c3ccccc3)CC2)cc1C. The average Bonchev–Trinajstić information content (AvgIpc) is 2.79. The van der Waals surface area contributed by atoms with Crippen LogP contribution in [0.5, 0.6) is 0 Å². The zero-order valence-electron chi connectivity index (χ0n) is 18.8. The van der Waals surface area contributed by atoms with Crippen molar-refractivity contribution in [2.75, 3.05) is 32.7 Å².